The van der Waals surface area contributed by atoms with Gasteiger partial charge in [0.2, 0.25) is 23.6 Å². The number of rotatable bonds is 14. The fraction of sp³-hybridized carbons (Fsp3) is 0.667. The molecule has 0 aromatic rings. The minimum Gasteiger partial charge on any atom is -0.481 e. The van der Waals surface area contributed by atoms with Crippen molar-refractivity contribution >= 4 is 35.6 Å². The predicted molar refractivity (Wildman–Crippen MR) is 109 cm³/mol. The van der Waals surface area contributed by atoms with Crippen LogP contribution in [-0.2, 0) is 28.8 Å². The van der Waals surface area contributed by atoms with Gasteiger partial charge in [-0.25, -0.2) is 4.79 Å². The van der Waals surface area contributed by atoms with E-state index in [0.29, 0.717) is 0 Å². The number of carbonyl (C=O) groups excluding carboxylic acids is 4. The van der Waals surface area contributed by atoms with Crippen LogP contribution in [0.25, 0.3) is 0 Å². The third kappa shape index (κ3) is 10.7. The number of aliphatic hydroxyl groups excluding tert-OH is 1. The van der Waals surface area contributed by atoms with Crippen LogP contribution < -0.4 is 27.4 Å². The molecule has 5 atom stereocenters. The molecule has 5 unspecified atom stereocenters. The summed E-state index contributed by atoms with van der Waals surface area (Å²) < 4.78 is 0. The number of nitrogens with one attached hydrogen (secondary N) is 3. The van der Waals surface area contributed by atoms with Gasteiger partial charge in [0.15, 0.2) is 0 Å². The molecule has 10 N–H and O–H groups in total. The van der Waals surface area contributed by atoms with E-state index in [-0.39, 0.29) is 12.3 Å². The fourth-order valence-corrected chi connectivity index (χ4v) is 2.58. The number of primary amides is 1. The third-order valence-electron chi connectivity index (χ3n) is 4.15. The number of aliphatic hydroxyl groups is 1. The first-order valence-corrected chi connectivity index (χ1v) is 9.73. The lowest BCUT2D eigenvalue weighted by Gasteiger charge is -2.26. The molecule has 0 heterocycles. The molecule has 14 heteroatoms. The Morgan fingerprint density at radius 3 is 1.75 bits per heavy atom. The summed E-state index contributed by atoms with van der Waals surface area (Å²) in [6.45, 7) is 4.64. The second-order valence-corrected chi connectivity index (χ2v) is 7.69. The van der Waals surface area contributed by atoms with Gasteiger partial charge in [-0.2, -0.15) is 0 Å². The average molecular weight is 461 g/mol. The molecule has 0 rings (SSSR count). The van der Waals surface area contributed by atoms with Crippen molar-refractivity contribution in [2.75, 3.05) is 0 Å². The topological polar surface area (TPSA) is 251 Å². The van der Waals surface area contributed by atoms with Gasteiger partial charge in [0, 0.05) is 0 Å². The normalized spacial score (nSPS) is 15.6. The van der Waals surface area contributed by atoms with Crippen molar-refractivity contribution in [2.24, 2.45) is 17.4 Å². The van der Waals surface area contributed by atoms with Crippen LogP contribution in [-0.4, -0.2) is 81.2 Å². The predicted octanol–water partition coefficient (Wildman–Crippen LogP) is -3.37. The van der Waals surface area contributed by atoms with Gasteiger partial charge in [0.1, 0.15) is 18.1 Å². The first-order chi connectivity index (χ1) is 14.6. The first kappa shape index (κ1) is 28.7. The maximum atomic E-state index is 12.6. The fourth-order valence-electron chi connectivity index (χ4n) is 2.58. The van der Waals surface area contributed by atoms with Crippen molar-refractivity contribution in [3.05, 3.63) is 0 Å². The molecule has 32 heavy (non-hydrogen) atoms. The van der Waals surface area contributed by atoms with E-state index in [2.05, 4.69) is 16.0 Å². The number of hydrogen-bond acceptors (Lipinski definition) is 8. The number of amides is 4. The lowest BCUT2D eigenvalue weighted by Crippen LogP contribution is -2.60. The Bertz CT molecular complexity index is 726. The van der Waals surface area contributed by atoms with E-state index in [1.54, 1.807) is 13.8 Å². The van der Waals surface area contributed by atoms with Gasteiger partial charge < -0.3 is 42.7 Å². The monoisotopic (exact) mass is 461 g/mol. The summed E-state index contributed by atoms with van der Waals surface area (Å²) in [6, 6.07) is -6.06. The molecule has 0 aliphatic carbocycles. The van der Waals surface area contributed by atoms with Crippen LogP contribution in [0.3, 0.4) is 0 Å². The van der Waals surface area contributed by atoms with Crippen LogP contribution in [0.2, 0.25) is 0 Å². The van der Waals surface area contributed by atoms with Gasteiger partial charge in [0.05, 0.1) is 25.0 Å². The summed E-state index contributed by atoms with van der Waals surface area (Å²) in [5.74, 6) is -6.93. The Morgan fingerprint density at radius 1 is 0.812 bits per heavy atom. The van der Waals surface area contributed by atoms with E-state index in [4.69, 9.17) is 16.6 Å². The Kier molecular flexibility index (Phi) is 11.9. The molecule has 14 nitrogen and oxygen atoms in total. The zero-order valence-corrected chi connectivity index (χ0v) is 18.0. The Hall–Kier alpha value is -3.26. The molecule has 0 aliphatic rings. The molecule has 0 saturated carbocycles. The van der Waals surface area contributed by atoms with Gasteiger partial charge in [-0.15, -0.1) is 0 Å². The summed E-state index contributed by atoms with van der Waals surface area (Å²) in [7, 11) is 0. The van der Waals surface area contributed by atoms with E-state index in [1.807, 2.05) is 0 Å². The van der Waals surface area contributed by atoms with Crippen molar-refractivity contribution in [1.29, 1.82) is 0 Å². The molecular weight excluding hydrogens is 430 g/mol. The van der Waals surface area contributed by atoms with E-state index in [9.17, 15) is 39.0 Å². The average Bonchev–Trinajstić information content (AvgIpc) is 2.62. The summed E-state index contributed by atoms with van der Waals surface area (Å²) in [5, 5.41) is 34.3. The highest BCUT2D eigenvalue weighted by Crippen LogP contribution is 2.06. The van der Waals surface area contributed by atoms with Crippen molar-refractivity contribution in [1.82, 2.24) is 16.0 Å². The van der Waals surface area contributed by atoms with Crippen LogP contribution in [0.1, 0.15) is 40.0 Å². The Balaban J connectivity index is 5.45. The van der Waals surface area contributed by atoms with Gasteiger partial charge in [-0.3, -0.25) is 24.0 Å². The van der Waals surface area contributed by atoms with Crippen molar-refractivity contribution in [2.45, 2.75) is 70.3 Å². The SMILES string of the molecule is CC(C)CC(NC(=O)C(NC(=O)C(CC(N)=O)NC(=O)C(N)CC(=O)O)C(C)O)C(=O)O. The van der Waals surface area contributed by atoms with Crippen molar-refractivity contribution < 1.29 is 44.1 Å². The lowest BCUT2D eigenvalue weighted by atomic mass is 10.0. The number of hydrogen-bond donors (Lipinski definition) is 8. The van der Waals surface area contributed by atoms with E-state index in [1.165, 1.54) is 0 Å². The quantitative estimate of drug-likeness (QED) is 0.127. The van der Waals surface area contributed by atoms with Gasteiger partial charge in [0.25, 0.3) is 0 Å². The molecule has 0 saturated heterocycles. The zero-order chi connectivity index (χ0) is 25.2. The van der Waals surface area contributed by atoms with Crippen molar-refractivity contribution in [3.8, 4) is 0 Å². The molecule has 0 aromatic carbocycles. The van der Waals surface area contributed by atoms with Crippen LogP contribution in [0.5, 0.6) is 0 Å². The molecule has 182 valence electrons. The van der Waals surface area contributed by atoms with E-state index in [0.717, 1.165) is 6.92 Å². The number of carboxylic acid groups (broad SMARTS) is 2. The van der Waals surface area contributed by atoms with Gasteiger partial charge >= 0.3 is 11.9 Å². The Morgan fingerprint density at radius 2 is 1.34 bits per heavy atom. The largest absolute Gasteiger partial charge is 0.481 e. The highest BCUT2D eigenvalue weighted by molar-refractivity contribution is 5.96. The molecule has 0 bridgehead atoms. The summed E-state index contributed by atoms with van der Waals surface area (Å²) in [6.07, 6.45) is -2.85. The zero-order valence-electron chi connectivity index (χ0n) is 18.0. The molecular formula is C18H31N5O9. The maximum absolute atomic E-state index is 12.6. The van der Waals surface area contributed by atoms with Gasteiger partial charge in [-0.05, 0) is 19.3 Å². The Labute approximate surface area is 184 Å². The number of carboxylic acids is 2. The van der Waals surface area contributed by atoms with Gasteiger partial charge in [-0.1, -0.05) is 13.8 Å². The van der Waals surface area contributed by atoms with Crippen LogP contribution in [0.15, 0.2) is 0 Å². The minimum absolute atomic E-state index is 0.0823. The number of aliphatic carboxylic acids is 2. The standard InChI is InChI=1S/C18H31N5O9/c1-7(2)4-11(18(31)32)22-17(30)14(8(3)24)23-16(29)10(6-12(20)25)21-15(28)9(19)5-13(26)27/h7-11,14,24H,4-6,19H2,1-3H3,(H2,20,25)(H,21,28)(H,22,30)(H,23,29)(H,26,27)(H,31,32). The van der Waals surface area contributed by atoms with Crippen LogP contribution in [0, 0.1) is 5.92 Å². The highest BCUT2D eigenvalue weighted by Gasteiger charge is 2.33. The molecule has 0 fully saturated rings. The third-order valence-corrected chi connectivity index (χ3v) is 4.15. The molecule has 0 aliphatic heterocycles. The summed E-state index contributed by atoms with van der Waals surface area (Å²) >= 11 is 0. The number of carbonyl (C=O) groups is 6. The summed E-state index contributed by atoms with van der Waals surface area (Å²) in [4.78, 5) is 70.4. The van der Waals surface area contributed by atoms with Crippen LogP contribution >= 0.6 is 0 Å². The second kappa shape index (κ2) is 13.2. The molecule has 0 aromatic heterocycles. The lowest BCUT2D eigenvalue weighted by molar-refractivity contribution is -0.143. The molecule has 0 spiro atoms. The summed E-state index contributed by atoms with van der Waals surface area (Å²) in [5.41, 5.74) is 10.5. The van der Waals surface area contributed by atoms with Crippen LogP contribution in [0.4, 0.5) is 0 Å². The minimum atomic E-state index is -1.63. The highest BCUT2D eigenvalue weighted by atomic mass is 16.4. The number of nitrogens with two attached hydrogens (primary N) is 2. The van der Waals surface area contributed by atoms with E-state index >= 15 is 0 Å². The van der Waals surface area contributed by atoms with Crippen molar-refractivity contribution in [3.63, 3.8) is 0 Å². The smallest absolute Gasteiger partial charge is 0.326 e. The van der Waals surface area contributed by atoms with E-state index < -0.39 is 78.7 Å². The second-order valence-electron chi connectivity index (χ2n) is 7.69. The molecule has 0 radical (unpaired) electrons. The molecule has 4 amide bonds. The first-order valence-electron chi connectivity index (χ1n) is 9.73. The maximum Gasteiger partial charge on any atom is 0.326 e.